The first kappa shape index (κ1) is 16.0. The smallest absolute Gasteiger partial charge is 0.237 e. The van der Waals surface area contributed by atoms with Gasteiger partial charge in [-0.1, -0.05) is 18.5 Å². The Morgan fingerprint density at radius 1 is 1.32 bits per heavy atom. The fraction of sp³-hybridized carbons (Fsp3) is 0.692. The van der Waals surface area contributed by atoms with Crippen molar-refractivity contribution in [2.24, 2.45) is 0 Å². The van der Waals surface area contributed by atoms with E-state index in [2.05, 4.69) is 22.2 Å². The lowest BCUT2D eigenvalue weighted by atomic mass is 10.2. The van der Waals surface area contributed by atoms with Gasteiger partial charge in [0.2, 0.25) is 11.8 Å². The van der Waals surface area contributed by atoms with Crippen molar-refractivity contribution in [2.45, 2.75) is 39.7 Å². The van der Waals surface area contributed by atoms with E-state index in [4.69, 9.17) is 21.1 Å². The van der Waals surface area contributed by atoms with Gasteiger partial charge in [0.15, 0.2) is 0 Å². The molecule has 0 aliphatic carbocycles. The largest absolute Gasteiger partial charge is 0.474 e. The minimum atomic E-state index is -0.174. The molecule has 6 heteroatoms. The van der Waals surface area contributed by atoms with E-state index in [0.717, 1.165) is 13.0 Å². The highest BCUT2D eigenvalue weighted by Gasteiger charge is 2.11. The van der Waals surface area contributed by atoms with Gasteiger partial charge in [0.1, 0.15) is 11.6 Å². The predicted octanol–water partition coefficient (Wildman–Crippen LogP) is 3.15. The number of hydrogen-bond donors (Lipinski definition) is 1. The van der Waals surface area contributed by atoms with Crippen LogP contribution in [-0.4, -0.2) is 35.3 Å². The van der Waals surface area contributed by atoms with Crippen molar-refractivity contribution in [2.75, 3.05) is 25.1 Å². The van der Waals surface area contributed by atoms with Crippen molar-refractivity contribution in [3.05, 3.63) is 11.2 Å². The van der Waals surface area contributed by atoms with Gasteiger partial charge in [0, 0.05) is 6.54 Å². The highest BCUT2D eigenvalue weighted by Crippen LogP contribution is 2.21. The first-order valence-corrected chi connectivity index (χ1v) is 6.83. The summed E-state index contributed by atoms with van der Waals surface area (Å²) in [5.41, 5.74) is -0.174. The lowest BCUT2D eigenvalue weighted by Gasteiger charge is -2.19. The Morgan fingerprint density at radius 3 is 2.68 bits per heavy atom. The minimum absolute atomic E-state index is 0.174. The third kappa shape index (κ3) is 6.59. The van der Waals surface area contributed by atoms with Crippen LogP contribution in [0.15, 0.2) is 6.20 Å². The molecule has 0 bridgehead atoms. The van der Waals surface area contributed by atoms with E-state index < -0.39 is 0 Å². The van der Waals surface area contributed by atoms with E-state index >= 15 is 0 Å². The Morgan fingerprint density at radius 2 is 2.05 bits per heavy atom. The van der Waals surface area contributed by atoms with E-state index in [1.165, 1.54) is 6.20 Å². The molecule has 1 heterocycles. The Bertz CT molecular complexity index is 394. The van der Waals surface area contributed by atoms with Gasteiger partial charge in [-0.05, 0) is 27.2 Å². The molecule has 1 aromatic rings. The van der Waals surface area contributed by atoms with Crippen LogP contribution in [0, 0.1) is 0 Å². The molecule has 0 aliphatic rings. The SMILES string of the molecule is CCCNc1ncc(Cl)c(OCCOC(C)(C)C)n1. The maximum Gasteiger partial charge on any atom is 0.237 e. The van der Waals surface area contributed by atoms with Gasteiger partial charge < -0.3 is 14.8 Å². The zero-order chi connectivity index (χ0) is 14.3. The fourth-order valence-electron chi connectivity index (χ4n) is 1.26. The fourth-order valence-corrected chi connectivity index (χ4v) is 1.41. The summed E-state index contributed by atoms with van der Waals surface area (Å²) < 4.78 is 11.1. The van der Waals surface area contributed by atoms with Crippen molar-refractivity contribution in [3.63, 3.8) is 0 Å². The first-order chi connectivity index (χ1) is 8.92. The second kappa shape index (κ2) is 7.50. The number of nitrogens with zero attached hydrogens (tertiary/aromatic N) is 2. The van der Waals surface area contributed by atoms with Crippen LogP contribution >= 0.6 is 11.6 Å². The second-order valence-corrected chi connectivity index (χ2v) is 5.49. The van der Waals surface area contributed by atoms with Crippen LogP contribution in [0.1, 0.15) is 34.1 Å². The topological polar surface area (TPSA) is 56.3 Å². The zero-order valence-corrected chi connectivity index (χ0v) is 12.8. The summed E-state index contributed by atoms with van der Waals surface area (Å²) in [7, 11) is 0. The van der Waals surface area contributed by atoms with Crippen LogP contribution in [0.5, 0.6) is 5.88 Å². The predicted molar refractivity (Wildman–Crippen MR) is 77.0 cm³/mol. The molecular weight excluding hydrogens is 266 g/mol. The number of aromatic nitrogens is 2. The molecule has 108 valence electrons. The van der Waals surface area contributed by atoms with E-state index in [9.17, 15) is 0 Å². The van der Waals surface area contributed by atoms with Gasteiger partial charge in [-0.3, -0.25) is 0 Å². The summed E-state index contributed by atoms with van der Waals surface area (Å²) in [6, 6.07) is 0. The molecule has 19 heavy (non-hydrogen) atoms. The summed E-state index contributed by atoms with van der Waals surface area (Å²) in [5.74, 6) is 0.908. The van der Waals surface area contributed by atoms with Gasteiger partial charge in [0.25, 0.3) is 0 Å². The number of halogens is 1. The monoisotopic (exact) mass is 287 g/mol. The standard InChI is InChI=1S/C13H22ClN3O2/c1-5-6-15-12-16-9-10(14)11(17-12)18-7-8-19-13(2,3)4/h9H,5-8H2,1-4H3,(H,15,16,17). The van der Waals surface area contributed by atoms with Crippen LogP contribution in [-0.2, 0) is 4.74 Å². The average molecular weight is 288 g/mol. The quantitative estimate of drug-likeness (QED) is 0.781. The molecule has 0 atom stereocenters. The normalized spacial score (nSPS) is 11.4. The van der Waals surface area contributed by atoms with Crippen LogP contribution < -0.4 is 10.1 Å². The molecule has 0 aliphatic heterocycles. The molecule has 0 unspecified atom stereocenters. The number of ether oxygens (including phenoxy) is 2. The molecule has 0 radical (unpaired) electrons. The summed E-state index contributed by atoms with van der Waals surface area (Å²) in [5, 5.41) is 3.49. The second-order valence-electron chi connectivity index (χ2n) is 5.08. The molecular formula is C13H22ClN3O2. The van der Waals surface area contributed by atoms with E-state index in [1.54, 1.807) is 0 Å². The van der Waals surface area contributed by atoms with Crippen molar-refractivity contribution in [3.8, 4) is 5.88 Å². The molecule has 1 N–H and O–H groups in total. The minimum Gasteiger partial charge on any atom is -0.474 e. The Balaban J connectivity index is 2.47. The van der Waals surface area contributed by atoms with E-state index in [-0.39, 0.29) is 5.60 Å². The maximum absolute atomic E-state index is 5.98. The van der Waals surface area contributed by atoms with Gasteiger partial charge in [-0.2, -0.15) is 4.98 Å². The number of hydrogen-bond acceptors (Lipinski definition) is 5. The third-order valence-corrected chi connectivity index (χ3v) is 2.36. The lowest BCUT2D eigenvalue weighted by Crippen LogP contribution is -2.22. The Kier molecular flexibility index (Phi) is 6.31. The number of rotatable bonds is 7. The van der Waals surface area contributed by atoms with Crippen molar-refractivity contribution in [1.29, 1.82) is 0 Å². The van der Waals surface area contributed by atoms with Gasteiger partial charge >= 0.3 is 0 Å². The number of anilines is 1. The molecule has 0 fully saturated rings. The molecule has 0 saturated heterocycles. The third-order valence-electron chi connectivity index (χ3n) is 2.10. The van der Waals surface area contributed by atoms with Crippen LogP contribution in [0.25, 0.3) is 0 Å². The number of nitrogens with one attached hydrogen (secondary N) is 1. The van der Waals surface area contributed by atoms with Crippen LogP contribution in [0.4, 0.5) is 5.95 Å². The summed E-state index contributed by atoms with van der Waals surface area (Å²) >= 11 is 5.98. The lowest BCUT2D eigenvalue weighted by molar-refractivity contribution is -0.0167. The van der Waals surface area contributed by atoms with E-state index in [1.807, 2.05) is 20.8 Å². The molecule has 0 saturated carbocycles. The van der Waals surface area contributed by atoms with Gasteiger partial charge in [-0.15, -0.1) is 0 Å². The van der Waals surface area contributed by atoms with Gasteiger partial charge in [-0.25, -0.2) is 4.98 Å². The molecule has 1 rings (SSSR count). The molecule has 5 nitrogen and oxygen atoms in total. The van der Waals surface area contributed by atoms with Crippen molar-refractivity contribution in [1.82, 2.24) is 9.97 Å². The summed E-state index contributed by atoms with van der Waals surface area (Å²) in [6.07, 6.45) is 2.54. The highest BCUT2D eigenvalue weighted by atomic mass is 35.5. The summed E-state index contributed by atoms with van der Waals surface area (Å²) in [6.45, 7) is 9.77. The molecule has 0 aromatic carbocycles. The Labute approximate surface area is 119 Å². The maximum atomic E-state index is 5.98. The molecule has 0 spiro atoms. The van der Waals surface area contributed by atoms with Crippen LogP contribution in [0.3, 0.4) is 0 Å². The van der Waals surface area contributed by atoms with Crippen molar-refractivity contribution >= 4 is 17.5 Å². The molecule has 0 amide bonds. The van der Waals surface area contributed by atoms with Crippen LogP contribution in [0.2, 0.25) is 5.02 Å². The Hall–Kier alpha value is -1.07. The highest BCUT2D eigenvalue weighted by molar-refractivity contribution is 6.31. The van der Waals surface area contributed by atoms with E-state index in [0.29, 0.717) is 30.1 Å². The average Bonchev–Trinajstić information content (AvgIpc) is 2.33. The van der Waals surface area contributed by atoms with Gasteiger partial charge in [0.05, 0.1) is 18.4 Å². The molecule has 1 aromatic heterocycles. The zero-order valence-electron chi connectivity index (χ0n) is 12.0. The first-order valence-electron chi connectivity index (χ1n) is 6.45. The summed E-state index contributed by atoms with van der Waals surface area (Å²) in [4.78, 5) is 8.29. The van der Waals surface area contributed by atoms with Crippen molar-refractivity contribution < 1.29 is 9.47 Å².